The van der Waals surface area contributed by atoms with Crippen molar-refractivity contribution < 1.29 is 14.4 Å². The van der Waals surface area contributed by atoms with E-state index < -0.39 is 11.3 Å². The number of thiophene rings is 1. The zero-order valence-electron chi connectivity index (χ0n) is 14.0. The first-order valence-electron chi connectivity index (χ1n) is 7.73. The van der Waals surface area contributed by atoms with Crippen LogP contribution in [0.2, 0.25) is 0 Å². The van der Waals surface area contributed by atoms with Crippen molar-refractivity contribution in [3.05, 3.63) is 21.4 Å². The summed E-state index contributed by atoms with van der Waals surface area (Å²) in [5.41, 5.74) is 4.98. The molecule has 0 aliphatic heterocycles. The van der Waals surface area contributed by atoms with Crippen molar-refractivity contribution in [2.75, 3.05) is 14.1 Å². The quantitative estimate of drug-likeness (QED) is 0.633. The average molecular weight is 337 g/mol. The van der Waals surface area contributed by atoms with Crippen LogP contribution in [-0.2, 0) is 16.0 Å². The first-order chi connectivity index (χ1) is 10.8. The van der Waals surface area contributed by atoms with Gasteiger partial charge >= 0.3 is 0 Å². The summed E-state index contributed by atoms with van der Waals surface area (Å²) >= 11 is 1.41. The molecule has 1 aromatic rings. The van der Waals surface area contributed by atoms with Gasteiger partial charge in [-0.2, -0.15) is 0 Å². The van der Waals surface area contributed by atoms with Crippen molar-refractivity contribution in [1.29, 1.82) is 0 Å². The number of nitrogens with zero attached hydrogens (tertiary/aromatic N) is 1. The first-order valence-corrected chi connectivity index (χ1v) is 8.55. The van der Waals surface area contributed by atoms with Gasteiger partial charge in [-0.3, -0.25) is 25.2 Å². The van der Waals surface area contributed by atoms with Gasteiger partial charge in [0.05, 0.1) is 4.88 Å². The summed E-state index contributed by atoms with van der Waals surface area (Å²) in [6, 6.07) is 1.86. The Hall–Kier alpha value is -1.89. The fraction of sp³-hybridized carbons (Fsp3) is 0.562. The van der Waals surface area contributed by atoms with Gasteiger partial charge in [-0.1, -0.05) is 13.3 Å². The largest absolute Gasteiger partial charge is 0.348 e. The molecular weight excluding hydrogens is 314 g/mol. The zero-order chi connectivity index (χ0) is 17.2. The summed E-state index contributed by atoms with van der Waals surface area (Å²) in [7, 11) is 3.25. The molecule has 1 aliphatic carbocycles. The number of carbonyl (C=O) groups excluding carboxylic acids is 3. The molecule has 0 aromatic carbocycles. The standard InChI is InChI=1S/C16H23N3O3S/c1-5-6-11-9-12(23-10(11)2)13(20)17-18-14(21)16(7-8-16)15(22)19(3)4/h9H,5-8H2,1-4H3,(H,17,20)(H,18,21). The van der Waals surface area contributed by atoms with Crippen LogP contribution in [0.1, 0.15) is 46.3 Å². The molecule has 0 saturated heterocycles. The van der Waals surface area contributed by atoms with Crippen molar-refractivity contribution in [2.45, 2.75) is 39.5 Å². The fourth-order valence-corrected chi connectivity index (χ4v) is 3.50. The third-order valence-electron chi connectivity index (χ3n) is 4.05. The van der Waals surface area contributed by atoms with Gasteiger partial charge in [-0.25, -0.2) is 0 Å². The van der Waals surface area contributed by atoms with Crippen LogP contribution in [-0.4, -0.2) is 36.7 Å². The average Bonchev–Trinajstić information content (AvgIpc) is 3.24. The molecule has 6 nitrogen and oxygen atoms in total. The number of rotatable bonds is 5. The monoisotopic (exact) mass is 337 g/mol. The fourth-order valence-electron chi connectivity index (χ4n) is 2.54. The van der Waals surface area contributed by atoms with Crippen LogP contribution >= 0.6 is 11.3 Å². The maximum absolute atomic E-state index is 12.2. The van der Waals surface area contributed by atoms with Gasteiger partial charge in [-0.15, -0.1) is 11.3 Å². The number of nitrogens with one attached hydrogen (secondary N) is 2. The molecule has 0 unspecified atom stereocenters. The Balaban J connectivity index is 1.96. The highest BCUT2D eigenvalue weighted by molar-refractivity contribution is 7.14. The van der Waals surface area contributed by atoms with Gasteiger partial charge in [0.15, 0.2) is 0 Å². The molecule has 1 saturated carbocycles. The van der Waals surface area contributed by atoms with Gasteiger partial charge < -0.3 is 4.90 Å². The molecule has 0 bridgehead atoms. The third kappa shape index (κ3) is 3.55. The maximum Gasteiger partial charge on any atom is 0.279 e. The second-order valence-electron chi connectivity index (χ2n) is 6.13. The Morgan fingerprint density at radius 3 is 2.43 bits per heavy atom. The lowest BCUT2D eigenvalue weighted by atomic mass is 10.1. The molecule has 0 spiro atoms. The van der Waals surface area contributed by atoms with E-state index in [1.165, 1.54) is 16.2 Å². The molecule has 0 radical (unpaired) electrons. The number of aryl methyl sites for hydroxylation is 2. The van der Waals surface area contributed by atoms with E-state index in [2.05, 4.69) is 17.8 Å². The summed E-state index contributed by atoms with van der Waals surface area (Å²) in [6.07, 6.45) is 2.99. The van der Waals surface area contributed by atoms with Gasteiger partial charge in [0.2, 0.25) is 5.91 Å². The topological polar surface area (TPSA) is 78.5 Å². The summed E-state index contributed by atoms with van der Waals surface area (Å²) in [6.45, 7) is 4.08. The Morgan fingerprint density at radius 1 is 1.26 bits per heavy atom. The van der Waals surface area contributed by atoms with E-state index in [-0.39, 0.29) is 11.8 Å². The van der Waals surface area contributed by atoms with Crippen molar-refractivity contribution >= 4 is 29.1 Å². The Bertz CT molecular complexity index is 633. The van der Waals surface area contributed by atoms with Crippen molar-refractivity contribution in [3.63, 3.8) is 0 Å². The second kappa shape index (κ2) is 6.70. The van der Waals surface area contributed by atoms with Crippen molar-refractivity contribution in [1.82, 2.24) is 15.8 Å². The lowest BCUT2D eigenvalue weighted by molar-refractivity contribution is -0.142. The SMILES string of the molecule is CCCc1cc(C(=O)NNC(=O)C2(C(=O)N(C)C)CC2)sc1C. The van der Waals surface area contributed by atoms with Gasteiger partial charge in [-0.05, 0) is 37.8 Å². The van der Waals surface area contributed by atoms with E-state index in [0.717, 1.165) is 23.3 Å². The second-order valence-corrected chi connectivity index (χ2v) is 7.39. The molecule has 126 valence electrons. The van der Waals surface area contributed by atoms with Gasteiger partial charge in [0, 0.05) is 19.0 Å². The Labute approximate surface area is 140 Å². The van der Waals surface area contributed by atoms with Crippen LogP contribution in [0.3, 0.4) is 0 Å². The lowest BCUT2D eigenvalue weighted by Crippen LogP contribution is -2.49. The smallest absolute Gasteiger partial charge is 0.279 e. The molecular formula is C16H23N3O3S. The summed E-state index contributed by atoms with van der Waals surface area (Å²) < 4.78 is 0. The van der Waals surface area contributed by atoms with Gasteiger partial charge in [0.25, 0.3) is 11.8 Å². The highest BCUT2D eigenvalue weighted by Crippen LogP contribution is 2.47. The van der Waals surface area contributed by atoms with Crippen LogP contribution in [0.5, 0.6) is 0 Å². The number of hydrazine groups is 1. The Morgan fingerprint density at radius 2 is 1.91 bits per heavy atom. The highest BCUT2D eigenvalue weighted by Gasteiger charge is 2.57. The highest BCUT2D eigenvalue weighted by atomic mass is 32.1. The normalized spacial score (nSPS) is 15.0. The first kappa shape index (κ1) is 17.5. The molecule has 2 N–H and O–H groups in total. The van der Waals surface area contributed by atoms with Crippen LogP contribution in [0.25, 0.3) is 0 Å². The number of hydrogen-bond acceptors (Lipinski definition) is 4. The molecule has 3 amide bonds. The number of carbonyl (C=O) groups is 3. The van der Waals surface area contributed by atoms with E-state index in [0.29, 0.717) is 17.7 Å². The van der Waals surface area contributed by atoms with Crippen molar-refractivity contribution in [3.8, 4) is 0 Å². The molecule has 1 aromatic heterocycles. The van der Waals surface area contributed by atoms with Crippen LogP contribution in [0, 0.1) is 12.3 Å². The molecule has 0 atom stereocenters. The molecule has 1 aliphatic rings. The minimum absolute atomic E-state index is 0.221. The van der Waals surface area contributed by atoms with E-state index in [4.69, 9.17) is 0 Å². The Kier molecular flexibility index (Phi) is 5.09. The van der Waals surface area contributed by atoms with Crippen LogP contribution < -0.4 is 10.9 Å². The predicted octanol–water partition coefficient (Wildman–Crippen LogP) is 1.64. The summed E-state index contributed by atoms with van der Waals surface area (Å²) in [5.74, 6) is -1.00. The summed E-state index contributed by atoms with van der Waals surface area (Å²) in [4.78, 5) is 39.5. The minimum atomic E-state index is -1.00. The molecule has 1 heterocycles. The van der Waals surface area contributed by atoms with E-state index in [1.54, 1.807) is 14.1 Å². The van der Waals surface area contributed by atoms with E-state index >= 15 is 0 Å². The van der Waals surface area contributed by atoms with Gasteiger partial charge in [0.1, 0.15) is 5.41 Å². The van der Waals surface area contributed by atoms with Crippen molar-refractivity contribution in [2.24, 2.45) is 5.41 Å². The van der Waals surface area contributed by atoms with Crippen LogP contribution in [0.4, 0.5) is 0 Å². The molecule has 23 heavy (non-hydrogen) atoms. The molecule has 1 fully saturated rings. The predicted molar refractivity (Wildman–Crippen MR) is 89.0 cm³/mol. The van der Waals surface area contributed by atoms with E-state index in [9.17, 15) is 14.4 Å². The number of hydrogen-bond donors (Lipinski definition) is 2. The minimum Gasteiger partial charge on any atom is -0.348 e. The zero-order valence-corrected chi connectivity index (χ0v) is 14.8. The van der Waals surface area contributed by atoms with E-state index in [1.807, 2.05) is 13.0 Å². The lowest BCUT2D eigenvalue weighted by Gasteiger charge is -2.19. The summed E-state index contributed by atoms with van der Waals surface area (Å²) in [5, 5.41) is 0. The third-order valence-corrected chi connectivity index (χ3v) is 5.15. The molecule has 2 rings (SSSR count). The molecule has 7 heteroatoms. The van der Waals surface area contributed by atoms with Crippen LogP contribution in [0.15, 0.2) is 6.07 Å². The number of amides is 3. The maximum atomic E-state index is 12.2.